The zero-order valence-electron chi connectivity index (χ0n) is 15.5. The van der Waals surface area contributed by atoms with Crippen LogP contribution in [-0.2, 0) is 14.8 Å². The van der Waals surface area contributed by atoms with Gasteiger partial charge in [-0.1, -0.05) is 36.4 Å². The number of ether oxygens (including phenoxy) is 1. The van der Waals surface area contributed by atoms with E-state index in [4.69, 9.17) is 4.74 Å². The number of hydrogen-bond acceptors (Lipinski definition) is 4. The van der Waals surface area contributed by atoms with Crippen molar-refractivity contribution in [3.8, 4) is 11.5 Å². The number of benzene rings is 2. The van der Waals surface area contributed by atoms with Crippen LogP contribution < -0.4 is 4.74 Å². The van der Waals surface area contributed by atoms with Gasteiger partial charge >= 0.3 is 0 Å². The number of piperazine rings is 1. The molecular formula is C21H22N2O4S. The lowest BCUT2D eigenvalue weighted by Gasteiger charge is -2.37. The molecule has 0 spiro atoms. The summed E-state index contributed by atoms with van der Waals surface area (Å²) in [6.45, 7) is 1.59. The lowest BCUT2D eigenvalue weighted by molar-refractivity contribution is -0.133. The summed E-state index contributed by atoms with van der Waals surface area (Å²) in [5.41, 5.74) is 1.72. The van der Waals surface area contributed by atoms with Crippen LogP contribution in [0.15, 0.2) is 48.5 Å². The van der Waals surface area contributed by atoms with Gasteiger partial charge in [0.2, 0.25) is 15.9 Å². The second-order valence-corrected chi connectivity index (χ2v) is 9.79. The normalized spacial score (nSPS) is 20.2. The van der Waals surface area contributed by atoms with Crippen molar-refractivity contribution in [1.82, 2.24) is 9.21 Å². The summed E-state index contributed by atoms with van der Waals surface area (Å²) in [5.74, 6) is 0.989. The molecule has 6 nitrogen and oxygen atoms in total. The highest BCUT2D eigenvalue weighted by Crippen LogP contribution is 2.44. The molecule has 2 aromatic rings. The lowest BCUT2D eigenvalue weighted by Crippen LogP contribution is -2.52. The SMILES string of the molecule is O=C(C1c2ccccc2Oc2ccccc21)N1CCN(S(=O)(=O)C2CC2)CC1. The summed E-state index contributed by atoms with van der Waals surface area (Å²) in [7, 11) is -3.18. The first-order valence-electron chi connectivity index (χ1n) is 9.69. The first-order valence-corrected chi connectivity index (χ1v) is 11.2. The van der Waals surface area contributed by atoms with E-state index in [0.717, 1.165) is 24.0 Å². The summed E-state index contributed by atoms with van der Waals surface area (Å²) in [6.07, 6.45) is 1.52. The fourth-order valence-electron chi connectivity index (χ4n) is 4.10. The molecule has 0 bridgehead atoms. The van der Waals surface area contributed by atoms with E-state index >= 15 is 0 Å². The lowest BCUT2D eigenvalue weighted by atomic mass is 9.86. The predicted molar refractivity (Wildman–Crippen MR) is 105 cm³/mol. The Balaban J connectivity index is 1.40. The van der Waals surface area contributed by atoms with Crippen LogP contribution in [0.2, 0.25) is 0 Å². The van der Waals surface area contributed by atoms with Crippen LogP contribution in [-0.4, -0.2) is 55.0 Å². The fourth-order valence-corrected chi connectivity index (χ4v) is 5.92. The highest BCUT2D eigenvalue weighted by Gasteiger charge is 2.42. The van der Waals surface area contributed by atoms with Gasteiger partial charge in [-0.25, -0.2) is 8.42 Å². The van der Waals surface area contributed by atoms with Crippen LogP contribution in [0.1, 0.15) is 29.9 Å². The number of sulfonamides is 1. The average molecular weight is 398 g/mol. The standard InChI is InChI=1S/C21H22N2O4S/c24-21(22-11-13-23(14-12-22)28(25,26)15-9-10-15)20-16-5-1-3-7-18(16)27-19-8-4-2-6-17(19)20/h1-8,15,20H,9-14H2. The van der Waals surface area contributed by atoms with Crippen molar-refractivity contribution in [2.75, 3.05) is 26.2 Å². The van der Waals surface area contributed by atoms with Crippen LogP contribution in [0.3, 0.4) is 0 Å². The summed E-state index contributed by atoms with van der Waals surface area (Å²) in [6, 6.07) is 15.2. The molecule has 0 unspecified atom stereocenters. The van der Waals surface area contributed by atoms with E-state index < -0.39 is 15.9 Å². The van der Waals surface area contributed by atoms with Crippen molar-refractivity contribution in [2.45, 2.75) is 24.0 Å². The fraction of sp³-hybridized carbons (Fsp3) is 0.381. The number of carbonyl (C=O) groups excluding carboxylic acids is 1. The molecule has 5 rings (SSSR count). The van der Waals surface area contributed by atoms with Crippen molar-refractivity contribution in [3.05, 3.63) is 59.7 Å². The van der Waals surface area contributed by atoms with E-state index in [-0.39, 0.29) is 11.2 Å². The number of nitrogens with zero attached hydrogens (tertiary/aromatic N) is 2. The molecule has 2 aliphatic heterocycles. The zero-order valence-corrected chi connectivity index (χ0v) is 16.3. The maximum atomic E-state index is 13.5. The first kappa shape index (κ1) is 17.7. The number of amides is 1. The molecule has 1 saturated heterocycles. The van der Waals surface area contributed by atoms with Gasteiger partial charge in [0.1, 0.15) is 11.5 Å². The van der Waals surface area contributed by atoms with Crippen molar-refractivity contribution >= 4 is 15.9 Å². The molecule has 1 saturated carbocycles. The topological polar surface area (TPSA) is 66.9 Å². The van der Waals surface area contributed by atoms with Crippen LogP contribution in [0.25, 0.3) is 0 Å². The number of para-hydroxylation sites is 2. The van der Waals surface area contributed by atoms with Crippen LogP contribution in [0.5, 0.6) is 11.5 Å². The minimum Gasteiger partial charge on any atom is -0.457 e. The monoisotopic (exact) mass is 398 g/mol. The van der Waals surface area contributed by atoms with Gasteiger partial charge in [-0.15, -0.1) is 0 Å². The summed E-state index contributed by atoms with van der Waals surface area (Å²) in [4.78, 5) is 15.3. The van der Waals surface area contributed by atoms with E-state index in [2.05, 4.69) is 0 Å². The highest BCUT2D eigenvalue weighted by molar-refractivity contribution is 7.90. The largest absolute Gasteiger partial charge is 0.457 e. The Kier molecular flexibility index (Phi) is 4.17. The van der Waals surface area contributed by atoms with Gasteiger partial charge in [-0.3, -0.25) is 4.79 Å². The Hall–Kier alpha value is -2.38. The van der Waals surface area contributed by atoms with Gasteiger partial charge < -0.3 is 9.64 Å². The van der Waals surface area contributed by atoms with Gasteiger partial charge in [0.05, 0.1) is 11.2 Å². The molecule has 0 aromatic heterocycles. The first-order chi connectivity index (χ1) is 13.6. The van der Waals surface area contributed by atoms with Crippen molar-refractivity contribution < 1.29 is 17.9 Å². The van der Waals surface area contributed by atoms with Crippen LogP contribution in [0, 0.1) is 0 Å². The molecule has 3 aliphatic rings. The van der Waals surface area contributed by atoms with Gasteiger partial charge in [0.15, 0.2) is 0 Å². The molecule has 1 aliphatic carbocycles. The maximum absolute atomic E-state index is 13.5. The highest BCUT2D eigenvalue weighted by atomic mass is 32.2. The van der Waals surface area contributed by atoms with Gasteiger partial charge in [0, 0.05) is 37.3 Å². The van der Waals surface area contributed by atoms with Gasteiger partial charge in [-0.05, 0) is 25.0 Å². The summed E-state index contributed by atoms with van der Waals surface area (Å²) in [5, 5.41) is -0.205. The number of hydrogen-bond donors (Lipinski definition) is 0. The second-order valence-electron chi connectivity index (χ2n) is 7.58. The molecule has 146 valence electrons. The predicted octanol–water partition coefficient (Wildman–Crippen LogP) is 2.56. The molecular weight excluding hydrogens is 376 g/mol. The molecule has 2 heterocycles. The summed E-state index contributed by atoms with van der Waals surface area (Å²) < 4.78 is 32.5. The zero-order chi connectivity index (χ0) is 19.3. The van der Waals surface area contributed by atoms with E-state index in [1.54, 1.807) is 9.21 Å². The van der Waals surface area contributed by atoms with E-state index in [1.807, 2.05) is 48.5 Å². The minimum absolute atomic E-state index is 0.00618. The third kappa shape index (κ3) is 2.89. The van der Waals surface area contributed by atoms with Crippen molar-refractivity contribution in [3.63, 3.8) is 0 Å². The Morgan fingerprint density at radius 2 is 1.39 bits per heavy atom. The molecule has 2 fully saturated rings. The molecule has 2 aromatic carbocycles. The Morgan fingerprint density at radius 1 is 0.857 bits per heavy atom. The molecule has 0 atom stereocenters. The maximum Gasteiger partial charge on any atom is 0.234 e. The molecule has 0 radical (unpaired) electrons. The van der Waals surface area contributed by atoms with Gasteiger partial charge in [0.25, 0.3) is 0 Å². The molecule has 0 N–H and O–H groups in total. The van der Waals surface area contributed by atoms with E-state index in [1.165, 1.54) is 0 Å². The number of rotatable bonds is 3. The minimum atomic E-state index is -3.18. The Morgan fingerprint density at radius 3 is 1.93 bits per heavy atom. The Bertz CT molecular complexity index is 979. The van der Waals surface area contributed by atoms with E-state index in [0.29, 0.717) is 37.7 Å². The molecule has 7 heteroatoms. The third-order valence-electron chi connectivity index (χ3n) is 5.78. The number of fused-ring (bicyclic) bond motifs is 2. The Labute approximate surface area is 164 Å². The molecule has 28 heavy (non-hydrogen) atoms. The number of carbonyl (C=O) groups is 1. The summed E-state index contributed by atoms with van der Waals surface area (Å²) >= 11 is 0. The molecule has 1 amide bonds. The van der Waals surface area contributed by atoms with Crippen molar-refractivity contribution in [1.29, 1.82) is 0 Å². The average Bonchev–Trinajstić information content (AvgIpc) is 3.57. The second kappa shape index (κ2) is 6.60. The quantitative estimate of drug-likeness (QED) is 0.797. The van der Waals surface area contributed by atoms with Gasteiger partial charge in [-0.2, -0.15) is 4.31 Å². The van der Waals surface area contributed by atoms with Crippen LogP contribution in [0.4, 0.5) is 0 Å². The smallest absolute Gasteiger partial charge is 0.234 e. The third-order valence-corrected chi connectivity index (χ3v) is 8.18. The van der Waals surface area contributed by atoms with Crippen LogP contribution >= 0.6 is 0 Å². The van der Waals surface area contributed by atoms with Crippen molar-refractivity contribution in [2.24, 2.45) is 0 Å². The van der Waals surface area contributed by atoms with E-state index in [9.17, 15) is 13.2 Å².